The number of nitrogens with zero attached hydrogens (tertiary/aromatic N) is 2. The summed E-state index contributed by atoms with van der Waals surface area (Å²) < 4.78 is 34.5. The van der Waals surface area contributed by atoms with E-state index in [9.17, 15) is 0 Å². The minimum atomic E-state index is -6.02. The molecule has 0 aromatic carbocycles. The van der Waals surface area contributed by atoms with Crippen LogP contribution in [0.3, 0.4) is 0 Å². The molecule has 0 amide bonds. The average Bonchev–Trinajstić information content (AvgIpc) is 0.722. The van der Waals surface area contributed by atoms with Crippen LogP contribution in [0.1, 0.15) is 0 Å². The summed E-state index contributed by atoms with van der Waals surface area (Å²) in [6, 6.07) is 0. The fourth-order valence-electron chi connectivity index (χ4n) is 0. The summed E-state index contributed by atoms with van der Waals surface area (Å²) in [5.41, 5.74) is 0. The molecule has 0 spiro atoms. The van der Waals surface area contributed by atoms with Gasteiger partial charge in [-0.3, -0.25) is 0 Å². The summed E-state index contributed by atoms with van der Waals surface area (Å²) in [5.74, 6) is 0. The molecular formula is H6Fe2MoN2O10. The Morgan fingerprint density at radius 3 is 0.600 bits per heavy atom. The van der Waals surface area contributed by atoms with E-state index in [-0.39, 0.29) is 79.3 Å². The molecule has 0 atom stereocenters. The van der Waals surface area contributed by atoms with Crippen molar-refractivity contribution in [1.29, 1.82) is 0 Å². The predicted octanol–water partition coefficient (Wildman–Crippen LogP) is -4.65. The zero-order valence-electron chi connectivity index (χ0n) is 6.33. The number of hydrogen-bond donors (Lipinski definition) is 0. The van der Waals surface area contributed by atoms with Gasteiger partial charge in [0, 0.05) is 0 Å². The minimum absolute atomic E-state index is 0. The summed E-state index contributed by atoms with van der Waals surface area (Å²) in [4.78, 5) is 0. The van der Waals surface area contributed by atoms with Crippen molar-refractivity contribution < 1.29 is 98.1 Å². The molecule has 0 heterocycles. The Kier molecular flexibility index (Phi) is 588. The molecule has 0 aliphatic heterocycles. The van der Waals surface area contributed by atoms with E-state index in [1.54, 1.807) is 0 Å². The molecule has 0 aromatic rings. The van der Waals surface area contributed by atoms with Gasteiger partial charge in [0.05, 0.1) is 0 Å². The van der Waals surface area contributed by atoms with Crippen LogP contribution in [0.25, 0.3) is 0 Å². The van der Waals surface area contributed by atoms with E-state index in [0.717, 1.165) is 0 Å². The van der Waals surface area contributed by atoms with Crippen LogP contribution in [0.15, 0.2) is 0 Å². The molecule has 0 fully saturated rings. The maximum absolute atomic E-state index is 8.63. The van der Waals surface area contributed by atoms with Crippen LogP contribution >= 0.6 is 0 Å². The monoisotopic (exact) mass is 404 g/mol. The zero-order chi connectivity index (χ0) is 4.50. The van der Waals surface area contributed by atoms with E-state index in [0.29, 0.717) is 0 Å². The summed E-state index contributed by atoms with van der Waals surface area (Å²) in [6.07, 6.45) is 0. The van der Waals surface area contributed by atoms with Crippen LogP contribution in [0.2, 0.25) is 0 Å². The van der Waals surface area contributed by atoms with Crippen molar-refractivity contribution in [2.75, 3.05) is 0 Å². The molecule has 0 rings (SSSR count). The van der Waals surface area contributed by atoms with Gasteiger partial charge in [0.2, 0.25) is 0 Å². The summed E-state index contributed by atoms with van der Waals surface area (Å²) >= 11 is -6.02. The van der Waals surface area contributed by atoms with Crippen LogP contribution in [-0.4, -0.2) is 32.9 Å². The normalized spacial score (nSPS) is 3.87. The molecule has 0 saturated heterocycles. The molecule has 0 saturated carbocycles. The van der Waals surface area contributed by atoms with E-state index < -0.39 is 16.7 Å². The molecule has 0 unspecified atom stereocenters. The maximum atomic E-state index is 8.63. The first-order chi connectivity index (χ1) is 2.00. The third kappa shape index (κ3) is 2900. The number of hydrogen-bond acceptors (Lipinski definition) is 10. The number of rotatable bonds is 0. The second kappa shape index (κ2) is 60.3. The molecule has 15 heteroatoms. The second-order valence-electron chi connectivity index (χ2n) is 0.408. The molecule has 0 aliphatic rings. The first-order valence-corrected chi connectivity index (χ1v) is 3.94. The molecule has 0 aromatic heterocycles. The van der Waals surface area contributed by atoms with Crippen molar-refractivity contribution in [1.82, 2.24) is 12.3 Å². The Hall–Kier alpha value is 0.927. The van der Waals surface area contributed by atoms with Gasteiger partial charge in [0.25, 0.3) is 0 Å². The Balaban J connectivity index is -0.00000000178. The van der Waals surface area contributed by atoms with Crippen molar-refractivity contribution in [2.45, 2.75) is 0 Å². The van der Waals surface area contributed by atoms with Crippen LogP contribution in [0.4, 0.5) is 0 Å². The van der Waals surface area contributed by atoms with Gasteiger partial charge in [0.1, 0.15) is 0 Å². The second-order valence-corrected chi connectivity index (χ2v) is 2.42. The van der Waals surface area contributed by atoms with Crippen molar-refractivity contribution in [3.63, 3.8) is 0 Å². The Bertz CT molecular complexity index is 105. The molecule has 0 bridgehead atoms. The van der Waals surface area contributed by atoms with Crippen LogP contribution in [0, 0.1) is 0 Å². The quantitative estimate of drug-likeness (QED) is 0.349. The third-order valence-electron chi connectivity index (χ3n) is 0. The van der Waals surface area contributed by atoms with Gasteiger partial charge in [-0.15, -0.1) is 0 Å². The molecule has 6 N–H and O–H groups in total. The topological polar surface area (TPSA) is 321 Å². The van der Waals surface area contributed by atoms with Crippen molar-refractivity contribution in [2.24, 2.45) is 0 Å². The van der Waals surface area contributed by atoms with Gasteiger partial charge in [0.15, 0.2) is 0 Å². The van der Waals surface area contributed by atoms with Gasteiger partial charge in [-0.25, -0.2) is 0 Å². The summed E-state index contributed by atoms with van der Waals surface area (Å²) in [5, 5.41) is 0. The predicted molar refractivity (Wildman–Crippen MR) is 17.3 cm³/mol. The van der Waals surface area contributed by atoms with Gasteiger partial charge < -0.3 is 32.9 Å². The van der Waals surface area contributed by atoms with Crippen molar-refractivity contribution in [3.05, 3.63) is 0 Å². The molecule has 0 aliphatic carbocycles. The van der Waals surface area contributed by atoms with E-state index in [1.807, 2.05) is 0 Å². The fourth-order valence-corrected chi connectivity index (χ4v) is 0. The van der Waals surface area contributed by atoms with E-state index in [4.69, 9.17) is 14.3 Å². The molecule has 12 nitrogen and oxygen atoms in total. The van der Waals surface area contributed by atoms with Crippen molar-refractivity contribution >= 4 is 0 Å². The van der Waals surface area contributed by atoms with E-state index in [1.165, 1.54) is 0 Å². The van der Waals surface area contributed by atoms with E-state index in [2.05, 4.69) is 0 Å². The van der Waals surface area contributed by atoms with Gasteiger partial charge in [-0.2, -0.15) is 0 Å². The SMILES string of the molecule is [Fe+3].[Fe+3].[N+].[N+].[OH-].[OH-].[OH-].[OH-].[OH-].[OH-].[O]=[Mo](=[O])([O-])[O-]. The fraction of sp³-hybridized carbons (Fsp3) is 0. The molecule has 15 heavy (non-hydrogen) atoms. The van der Waals surface area contributed by atoms with Crippen LogP contribution in [-0.2, 0) is 57.7 Å². The Morgan fingerprint density at radius 1 is 0.600 bits per heavy atom. The first-order valence-electron chi connectivity index (χ1n) is 0.667. The first kappa shape index (κ1) is 146. The summed E-state index contributed by atoms with van der Waals surface area (Å²) in [6.45, 7) is 0. The zero-order valence-corrected chi connectivity index (χ0v) is 10.5. The van der Waals surface area contributed by atoms with Crippen LogP contribution < -0.4 is 19.8 Å². The molecular weight excluding hydrogens is 396 g/mol. The third-order valence-corrected chi connectivity index (χ3v) is 0. The van der Waals surface area contributed by atoms with E-state index >= 15 is 0 Å². The van der Waals surface area contributed by atoms with Gasteiger partial charge in [-0.05, 0) is 0 Å². The van der Waals surface area contributed by atoms with Gasteiger partial charge >= 0.3 is 77.5 Å². The standard InChI is InChI=1S/2Fe.Mo.2N.6H2O.4O/h;;;;;6*1H2;;;;/q2*+3;;2*+1;;;;;;;;;2*-1/p-6. The molecule has 10 radical (unpaired) electrons. The summed E-state index contributed by atoms with van der Waals surface area (Å²) in [7, 11) is 0. The van der Waals surface area contributed by atoms with Crippen LogP contribution in [0.5, 0.6) is 0 Å². The Morgan fingerprint density at radius 2 is 0.600 bits per heavy atom. The average molecular weight is 402 g/mol. The van der Waals surface area contributed by atoms with Gasteiger partial charge in [-0.1, -0.05) is 0 Å². The molecule has 98 valence electrons. The van der Waals surface area contributed by atoms with Crippen molar-refractivity contribution in [3.8, 4) is 0 Å². The Labute approximate surface area is 110 Å².